The van der Waals surface area contributed by atoms with Gasteiger partial charge in [0.05, 0.1) is 19.3 Å². The van der Waals surface area contributed by atoms with Crippen LogP contribution in [-0.4, -0.2) is 33.0 Å². The first-order valence-electron chi connectivity index (χ1n) is 6.57. The number of benzene rings is 1. The number of hydrogen-bond acceptors (Lipinski definition) is 3. The third-order valence-electron chi connectivity index (χ3n) is 3.24. The summed E-state index contributed by atoms with van der Waals surface area (Å²) in [5.41, 5.74) is 1.96. The van der Waals surface area contributed by atoms with E-state index in [0.29, 0.717) is 6.61 Å². The van der Waals surface area contributed by atoms with Crippen molar-refractivity contribution in [2.75, 3.05) is 26.9 Å². The number of alkyl halides is 3. The molecule has 0 aromatic heterocycles. The predicted molar refractivity (Wildman–Crippen MR) is 68.9 cm³/mol. The van der Waals surface area contributed by atoms with Crippen LogP contribution in [0.15, 0.2) is 18.2 Å². The maximum absolute atomic E-state index is 12.1. The number of aryl methyl sites for hydroxylation is 1. The van der Waals surface area contributed by atoms with Gasteiger partial charge in [0, 0.05) is 5.56 Å². The molecule has 1 N–H and O–H groups in total. The zero-order valence-corrected chi connectivity index (χ0v) is 11.3. The molecule has 0 spiro atoms. The van der Waals surface area contributed by atoms with Crippen LogP contribution >= 0.6 is 0 Å². The summed E-state index contributed by atoms with van der Waals surface area (Å²) >= 11 is 0. The van der Waals surface area contributed by atoms with Gasteiger partial charge >= 0.3 is 6.18 Å². The first-order valence-corrected chi connectivity index (χ1v) is 6.57. The summed E-state index contributed by atoms with van der Waals surface area (Å²) in [6, 6.07) is 5.44. The SMILES string of the molecule is CNC(COCC(F)(F)F)c1cccc2c1OCCC2. The Kier molecular flexibility index (Phi) is 4.88. The van der Waals surface area contributed by atoms with Crippen molar-refractivity contribution in [3.05, 3.63) is 29.3 Å². The summed E-state index contributed by atoms with van der Waals surface area (Å²) in [6.07, 6.45) is -2.40. The quantitative estimate of drug-likeness (QED) is 0.904. The molecule has 112 valence electrons. The third kappa shape index (κ3) is 3.86. The molecule has 2 rings (SSSR count). The minimum atomic E-state index is -4.30. The fourth-order valence-corrected chi connectivity index (χ4v) is 2.31. The molecule has 0 bridgehead atoms. The zero-order valence-electron chi connectivity index (χ0n) is 11.3. The highest BCUT2D eigenvalue weighted by atomic mass is 19.4. The fraction of sp³-hybridized carbons (Fsp3) is 0.571. The average molecular weight is 289 g/mol. The summed E-state index contributed by atoms with van der Waals surface area (Å²) in [4.78, 5) is 0. The summed E-state index contributed by atoms with van der Waals surface area (Å²) in [6.45, 7) is -0.638. The molecule has 0 saturated heterocycles. The molecule has 1 aromatic carbocycles. The van der Waals surface area contributed by atoms with Gasteiger partial charge in [-0.1, -0.05) is 18.2 Å². The highest BCUT2D eigenvalue weighted by Crippen LogP contribution is 2.33. The number of rotatable bonds is 5. The first kappa shape index (κ1) is 15.1. The van der Waals surface area contributed by atoms with Crippen LogP contribution in [-0.2, 0) is 11.2 Å². The van der Waals surface area contributed by atoms with Crippen molar-refractivity contribution in [2.45, 2.75) is 25.1 Å². The molecule has 0 amide bonds. The number of hydrogen-bond donors (Lipinski definition) is 1. The van der Waals surface area contributed by atoms with E-state index in [1.54, 1.807) is 7.05 Å². The summed E-state index contributed by atoms with van der Waals surface area (Å²) in [5, 5.41) is 2.98. The Labute approximate surface area is 116 Å². The Morgan fingerprint density at radius 3 is 2.90 bits per heavy atom. The number of para-hydroxylation sites is 1. The zero-order chi connectivity index (χ0) is 14.6. The molecule has 3 nitrogen and oxygen atoms in total. The van der Waals surface area contributed by atoms with Crippen LogP contribution in [0.4, 0.5) is 13.2 Å². The van der Waals surface area contributed by atoms with Crippen molar-refractivity contribution in [3.63, 3.8) is 0 Å². The van der Waals surface area contributed by atoms with Crippen LogP contribution < -0.4 is 10.1 Å². The van der Waals surface area contributed by atoms with E-state index >= 15 is 0 Å². The van der Waals surface area contributed by atoms with Gasteiger partial charge in [0.1, 0.15) is 12.4 Å². The van der Waals surface area contributed by atoms with Crippen molar-refractivity contribution in [1.29, 1.82) is 0 Å². The highest BCUT2D eigenvalue weighted by molar-refractivity contribution is 5.44. The Morgan fingerprint density at radius 1 is 1.40 bits per heavy atom. The largest absolute Gasteiger partial charge is 0.493 e. The van der Waals surface area contributed by atoms with Crippen molar-refractivity contribution in [3.8, 4) is 5.75 Å². The second kappa shape index (κ2) is 6.45. The first-order chi connectivity index (χ1) is 9.51. The summed E-state index contributed by atoms with van der Waals surface area (Å²) in [5.74, 6) is 0.786. The maximum Gasteiger partial charge on any atom is 0.411 e. The molecule has 1 aromatic rings. The van der Waals surface area contributed by atoms with Crippen LogP contribution in [0, 0.1) is 0 Å². The molecular formula is C14H18F3NO2. The van der Waals surface area contributed by atoms with Gasteiger partial charge in [-0.25, -0.2) is 0 Å². The molecule has 0 aliphatic carbocycles. The van der Waals surface area contributed by atoms with Crippen molar-refractivity contribution >= 4 is 0 Å². The van der Waals surface area contributed by atoms with E-state index in [2.05, 4.69) is 5.32 Å². The average Bonchev–Trinajstić information content (AvgIpc) is 2.42. The van der Waals surface area contributed by atoms with Crippen LogP contribution in [0.2, 0.25) is 0 Å². The molecule has 1 aliphatic rings. The molecule has 1 heterocycles. The molecular weight excluding hydrogens is 271 g/mol. The third-order valence-corrected chi connectivity index (χ3v) is 3.24. The predicted octanol–water partition coefficient (Wildman–Crippen LogP) is 2.85. The van der Waals surface area contributed by atoms with E-state index < -0.39 is 12.8 Å². The number of fused-ring (bicyclic) bond motifs is 1. The van der Waals surface area contributed by atoms with E-state index in [0.717, 1.165) is 29.7 Å². The summed E-state index contributed by atoms with van der Waals surface area (Å²) in [7, 11) is 1.70. The Morgan fingerprint density at radius 2 is 2.20 bits per heavy atom. The van der Waals surface area contributed by atoms with Gasteiger partial charge in [-0.15, -0.1) is 0 Å². The fourth-order valence-electron chi connectivity index (χ4n) is 2.31. The molecule has 1 unspecified atom stereocenters. The smallest absolute Gasteiger partial charge is 0.411 e. The molecule has 1 atom stereocenters. The highest BCUT2D eigenvalue weighted by Gasteiger charge is 2.28. The Balaban J connectivity index is 2.07. The Hall–Kier alpha value is -1.27. The molecule has 0 saturated carbocycles. The van der Waals surface area contributed by atoms with Crippen molar-refractivity contribution in [1.82, 2.24) is 5.32 Å². The second-order valence-electron chi connectivity index (χ2n) is 4.76. The van der Waals surface area contributed by atoms with Crippen LogP contribution in [0.1, 0.15) is 23.6 Å². The van der Waals surface area contributed by atoms with E-state index in [1.807, 2.05) is 18.2 Å². The minimum absolute atomic E-state index is 0.0458. The lowest BCUT2D eigenvalue weighted by Crippen LogP contribution is -2.26. The molecule has 0 radical (unpaired) electrons. The number of nitrogens with one attached hydrogen (secondary N) is 1. The number of likely N-dealkylation sites (N-methyl/N-ethyl adjacent to an activating group) is 1. The standard InChI is InChI=1S/C14H18F3NO2/c1-18-12(8-19-9-14(15,16)17)11-6-2-4-10-5-3-7-20-13(10)11/h2,4,6,12,18H,3,5,7-9H2,1H3. The number of halogens is 3. The van der Waals surface area contributed by atoms with Gasteiger partial charge in [-0.3, -0.25) is 0 Å². The van der Waals surface area contributed by atoms with E-state index in [-0.39, 0.29) is 12.6 Å². The maximum atomic E-state index is 12.1. The van der Waals surface area contributed by atoms with Crippen LogP contribution in [0.25, 0.3) is 0 Å². The lowest BCUT2D eigenvalue weighted by Gasteiger charge is -2.25. The molecule has 0 fully saturated rings. The van der Waals surface area contributed by atoms with Crippen molar-refractivity contribution in [2.24, 2.45) is 0 Å². The molecule has 20 heavy (non-hydrogen) atoms. The van der Waals surface area contributed by atoms with E-state index in [1.165, 1.54) is 0 Å². The minimum Gasteiger partial charge on any atom is -0.493 e. The normalized spacial score (nSPS) is 16.4. The number of ether oxygens (including phenoxy) is 2. The Bertz CT molecular complexity index is 449. The van der Waals surface area contributed by atoms with E-state index in [9.17, 15) is 13.2 Å². The monoisotopic (exact) mass is 289 g/mol. The lowest BCUT2D eigenvalue weighted by atomic mass is 9.98. The summed E-state index contributed by atoms with van der Waals surface area (Å²) < 4.78 is 46.8. The van der Waals surface area contributed by atoms with Crippen molar-refractivity contribution < 1.29 is 22.6 Å². The second-order valence-corrected chi connectivity index (χ2v) is 4.76. The van der Waals surface area contributed by atoms with Gasteiger partial charge in [-0.05, 0) is 25.5 Å². The van der Waals surface area contributed by atoms with Gasteiger partial charge in [0.25, 0.3) is 0 Å². The topological polar surface area (TPSA) is 30.5 Å². The van der Waals surface area contributed by atoms with Gasteiger partial charge < -0.3 is 14.8 Å². The van der Waals surface area contributed by atoms with Gasteiger partial charge in [0.15, 0.2) is 0 Å². The molecule has 6 heteroatoms. The van der Waals surface area contributed by atoms with Crippen LogP contribution in [0.3, 0.4) is 0 Å². The van der Waals surface area contributed by atoms with Crippen LogP contribution in [0.5, 0.6) is 5.75 Å². The molecule has 1 aliphatic heterocycles. The van der Waals surface area contributed by atoms with E-state index in [4.69, 9.17) is 9.47 Å². The lowest BCUT2D eigenvalue weighted by molar-refractivity contribution is -0.175. The van der Waals surface area contributed by atoms with Gasteiger partial charge in [0.2, 0.25) is 0 Å². The van der Waals surface area contributed by atoms with Gasteiger partial charge in [-0.2, -0.15) is 13.2 Å².